The number of piperazine rings is 1. The van der Waals surface area contributed by atoms with Crippen LogP contribution in [0.15, 0.2) is 78.9 Å². The molecule has 4 rings (SSSR count). The molecule has 7 heteroatoms. The average Bonchev–Trinajstić information content (AvgIpc) is 2.92. The molecule has 6 nitrogen and oxygen atoms in total. The van der Waals surface area contributed by atoms with E-state index in [0.717, 1.165) is 36.5 Å². The lowest BCUT2D eigenvalue weighted by atomic mass is 10.1. The second-order valence-electron chi connectivity index (χ2n) is 8.90. The van der Waals surface area contributed by atoms with E-state index in [1.165, 1.54) is 0 Å². The summed E-state index contributed by atoms with van der Waals surface area (Å²) in [6, 6.07) is 25.2. The van der Waals surface area contributed by atoms with Gasteiger partial charge in [-0.05, 0) is 54.4 Å². The minimum Gasteiger partial charge on any atom is -0.497 e. The van der Waals surface area contributed by atoms with Crippen LogP contribution in [0.25, 0.3) is 0 Å². The fraction of sp³-hybridized carbons (Fsp3) is 0.345. The number of benzene rings is 3. The van der Waals surface area contributed by atoms with Crippen LogP contribution >= 0.6 is 11.6 Å². The maximum Gasteiger partial charge on any atom is 0.263 e. The first kappa shape index (κ1) is 26.0. The Morgan fingerprint density at radius 1 is 0.917 bits per heavy atom. The molecule has 0 aliphatic carbocycles. The number of nitrogens with zero attached hydrogens (tertiary/aromatic N) is 2. The smallest absolute Gasteiger partial charge is 0.263 e. The fourth-order valence-corrected chi connectivity index (χ4v) is 4.41. The maximum absolute atomic E-state index is 12.9. The van der Waals surface area contributed by atoms with Crippen molar-refractivity contribution in [3.8, 4) is 11.5 Å². The van der Waals surface area contributed by atoms with Crippen LogP contribution in [-0.4, -0.2) is 61.6 Å². The molecule has 0 bridgehead atoms. The number of rotatable bonds is 10. The number of ether oxygens (including phenoxy) is 3. The number of para-hydroxylation sites is 1. The van der Waals surface area contributed by atoms with Crippen LogP contribution in [0.1, 0.15) is 24.2 Å². The Morgan fingerprint density at radius 3 is 2.31 bits per heavy atom. The van der Waals surface area contributed by atoms with Crippen LogP contribution in [0.3, 0.4) is 0 Å². The Kier molecular flexibility index (Phi) is 9.23. The van der Waals surface area contributed by atoms with Gasteiger partial charge in [0.25, 0.3) is 5.91 Å². The van der Waals surface area contributed by atoms with Crippen molar-refractivity contribution in [2.24, 2.45) is 0 Å². The van der Waals surface area contributed by atoms with E-state index in [0.29, 0.717) is 30.5 Å². The molecule has 190 valence electrons. The van der Waals surface area contributed by atoms with Gasteiger partial charge in [0.1, 0.15) is 11.5 Å². The van der Waals surface area contributed by atoms with E-state index < -0.39 is 6.10 Å². The number of methoxy groups -OCH3 is 1. The first-order valence-electron chi connectivity index (χ1n) is 12.2. The zero-order valence-corrected chi connectivity index (χ0v) is 21.6. The molecule has 0 radical (unpaired) electrons. The molecule has 3 aromatic rings. The van der Waals surface area contributed by atoms with Crippen LogP contribution in [0.2, 0.25) is 5.02 Å². The molecule has 1 aliphatic heterocycles. The van der Waals surface area contributed by atoms with Crippen molar-refractivity contribution in [1.82, 2.24) is 9.80 Å². The van der Waals surface area contributed by atoms with Crippen molar-refractivity contribution in [2.45, 2.75) is 25.7 Å². The summed E-state index contributed by atoms with van der Waals surface area (Å²) >= 11 is 6.12. The Hall–Kier alpha value is -3.06. The van der Waals surface area contributed by atoms with E-state index in [9.17, 15) is 4.79 Å². The summed E-state index contributed by atoms with van der Waals surface area (Å²) in [5.74, 6) is 1.53. The van der Waals surface area contributed by atoms with E-state index in [2.05, 4.69) is 4.90 Å². The lowest BCUT2D eigenvalue weighted by molar-refractivity contribution is -0.140. The molecule has 3 aromatic carbocycles. The Balaban J connectivity index is 1.34. The second-order valence-corrected chi connectivity index (χ2v) is 9.34. The molecule has 0 spiro atoms. The molecule has 1 saturated heterocycles. The minimum atomic E-state index is -0.521. The lowest BCUT2D eigenvalue weighted by Gasteiger charge is -2.37. The Morgan fingerprint density at radius 2 is 1.61 bits per heavy atom. The van der Waals surface area contributed by atoms with Gasteiger partial charge in [-0.25, -0.2) is 0 Å². The van der Waals surface area contributed by atoms with Crippen LogP contribution in [0.4, 0.5) is 0 Å². The third kappa shape index (κ3) is 7.23. The van der Waals surface area contributed by atoms with Crippen molar-refractivity contribution in [3.63, 3.8) is 0 Å². The zero-order chi connectivity index (χ0) is 25.3. The van der Waals surface area contributed by atoms with Gasteiger partial charge in [-0.15, -0.1) is 0 Å². The lowest BCUT2D eigenvalue weighted by Crippen LogP contribution is -2.52. The van der Waals surface area contributed by atoms with Gasteiger partial charge in [0.2, 0.25) is 0 Å². The molecular weight excluding hydrogens is 476 g/mol. The number of amides is 1. The Labute approximate surface area is 218 Å². The van der Waals surface area contributed by atoms with Gasteiger partial charge in [0, 0.05) is 37.7 Å². The van der Waals surface area contributed by atoms with Gasteiger partial charge in [0.05, 0.1) is 19.8 Å². The van der Waals surface area contributed by atoms with Crippen molar-refractivity contribution in [3.05, 3.63) is 95.0 Å². The topological polar surface area (TPSA) is 51.2 Å². The van der Waals surface area contributed by atoms with Crippen LogP contribution in [-0.2, 0) is 16.1 Å². The highest BCUT2D eigenvalue weighted by Crippen LogP contribution is 2.24. The van der Waals surface area contributed by atoms with Crippen molar-refractivity contribution < 1.29 is 19.0 Å². The average molecular weight is 509 g/mol. The molecule has 1 heterocycles. The first-order valence-corrected chi connectivity index (χ1v) is 12.6. The summed E-state index contributed by atoms with van der Waals surface area (Å²) in [6.45, 7) is 5.87. The summed E-state index contributed by atoms with van der Waals surface area (Å²) < 4.78 is 17.6. The highest BCUT2D eigenvalue weighted by atomic mass is 35.5. The van der Waals surface area contributed by atoms with Crippen LogP contribution in [0.5, 0.6) is 11.5 Å². The minimum absolute atomic E-state index is 0.0158. The van der Waals surface area contributed by atoms with Gasteiger partial charge in [-0.2, -0.15) is 0 Å². The monoisotopic (exact) mass is 508 g/mol. The molecule has 0 aromatic heterocycles. The SMILES string of the molecule is COc1cccc(CO[C@H](CN2CCN(C(=O)[C@@H](C)Oc3ccccc3)CC2)c2ccc(Cl)cc2)c1. The second kappa shape index (κ2) is 12.8. The van der Waals surface area contributed by atoms with E-state index in [-0.39, 0.29) is 12.0 Å². The Bertz CT molecular complexity index is 1100. The molecule has 2 atom stereocenters. The van der Waals surface area contributed by atoms with Gasteiger partial charge in [0.15, 0.2) is 6.10 Å². The van der Waals surface area contributed by atoms with Gasteiger partial charge < -0.3 is 19.1 Å². The number of carbonyl (C=O) groups is 1. The molecule has 1 fully saturated rings. The summed E-state index contributed by atoms with van der Waals surface area (Å²) in [5.41, 5.74) is 2.13. The van der Waals surface area contributed by atoms with Gasteiger partial charge >= 0.3 is 0 Å². The number of hydrogen-bond donors (Lipinski definition) is 0. The summed E-state index contributed by atoms with van der Waals surface area (Å²) in [6.07, 6.45) is -0.650. The van der Waals surface area contributed by atoms with Crippen LogP contribution < -0.4 is 9.47 Å². The van der Waals surface area contributed by atoms with Crippen molar-refractivity contribution >= 4 is 17.5 Å². The van der Waals surface area contributed by atoms with E-state index in [1.54, 1.807) is 7.11 Å². The molecule has 1 amide bonds. The molecule has 0 saturated carbocycles. The van der Waals surface area contributed by atoms with Gasteiger partial charge in [-0.3, -0.25) is 9.69 Å². The summed E-state index contributed by atoms with van der Waals surface area (Å²) in [5, 5.41) is 0.698. The highest BCUT2D eigenvalue weighted by molar-refractivity contribution is 6.30. The molecule has 1 aliphatic rings. The predicted molar refractivity (Wildman–Crippen MR) is 142 cm³/mol. The third-order valence-corrected chi connectivity index (χ3v) is 6.59. The molecule has 0 N–H and O–H groups in total. The largest absolute Gasteiger partial charge is 0.497 e. The van der Waals surface area contributed by atoms with Crippen LogP contribution in [0, 0.1) is 0 Å². The van der Waals surface area contributed by atoms with E-state index in [1.807, 2.05) is 90.7 Å². The van der Waals surface area contributed by atoms with Gasteiger partial charge in [-0.1, -0.05) is 54.1 Å². The quantitative estimate of drug-likeness (QED) is 0.376. The standard InChI is InChI=1S/C29H33ClN2O4/c1-22(36-26-8-4-3-5-9-26)29(33)32-17-15-31(16-18-32)20-28(24-11-13-25(30)14-12-24)35-21-23-7-6-10-27(19-23)34-2/h3-14,19,22,28H,15-18,20-21H2,1-2H3/t22-,28-/m1/s1. The molecule has 0 unspecified atom stereocenters. The maximum atomic E-state index is 12.9. The number of halogens is 1. The third-order valence-electron chi connectivity index (χ3n) is 6.34. The fourth-order valence-electron chi connectivity index (χ4n) is 4.29. The normalized spacial score (nSPS) is 15.8. The molecule has 36 heavy (non-hydrogen) atoms. The van der Waals surface area contributed by atoms with Crippen molar-refractivity contribution in [2.75, 3.05) is 39.8 Å². The predicted octanol–water partition coefficient (Wildman–Crippen LogP) is 5.22. The summed E-state index contributed by atoms with van der Waals surface area (Å²) in [4.78, 5) is 17.2. The van der Waals surface area contributed by atoms with Crippen molar-refractivity contribution in [1.29, 1.82) is 0 Å². The first-order chi connectivity index (χ1) is 17.5. The number of carbonyl (C=O) groups excluding carboxylic acids is 1. The number of hydrogen-bond acceptors (Lipinski definition) is 5. The van der Waals surface area contributed by atoms with E-state index in [4.69, 9.17) is 25.8 Å². The molecular formula is C29H33ClN2O4. The highest BCUT2D eigenvalue weighted by Gasteiger charge is 2.27. The van der Waals surface area contributed by atoms with E-state index >= 15 is 0 Å². The zero-order valence-electron chi connectivity index (χ0n) is 20.8. The summed E-state index contributed by atoms with van der Waals surface area (Å²) in [7, 11) is 1.66.